The minimum absolute atomic E-state index is 0.0545. The molecule has 7 heteroatoms. The van der Waals surface area contributed by atoms with Crippen LogP contribution in [0.2, 0.25) is 0 Å². The van der Waals surface area contributed by atoms with Crippen LogP contribution in [0.25, 0.3) is 5.69 Å². The van der Waals surface area contributed by atoms with Crippen molar-refractivity contribution in [1.82, 2.24) is 25.1 Å². The molecule has 0 N–H and O–H groups in total. The minimum atomic E-state index is 0.0545. The SMILES string of the molecule is COc1ccc(C(=O)N(C(C)C)C2CCCCC2)cc1-n1cnnn1. The van der Waals surface area contributed by atoms with Crippen LogP contribution in [-0.2, 0) is 0 Å². The van der Waals surface area contributed by atoms with Crippen LogP contribution >= 0.6 is 0 Å². The van der Waals surface area contributed by atoms with Gasteiger partial charge in [0, 0.05) is 17.6 Å². The van der Waals surface area contributed by atoms with Crippen LogP contribution in [0.3, 0.4) is 0 Å². The third-order valence-corrected chi connectivity index (χ3v) is 4.78. The molecule has 1 fully saturated rings. The molecule has 1 saturated carbocycles. The molecule has 1 heterocycles. The van der Waals surface area contributed by atoms with Gasteiger partial charge in [0.2, 0.25) is 0 Å². The molecular formula is C18H25N5O2. The zero-order valence-electron chi connectivity index (χ0n) is 15.1. The van der Waals surface area contributed by atoms with Crippen molar-refractivity contribution < 1.29 is 9.53 Å². The molecule has 0 aliphatic heterocycles. The number of aromatic nitrogens is 4. The summed E-state index contributed by atoms with van der Waals surface area (Å²) in [6.45, 7) is 4.16. The summed E-state index contributed by atoms with van der Waals surface area (Å²) < 4.78 is 6.90. The summed E-state index contributed by atoms with van der Waals surface area (Å²) in [7, 11) is 1.59. The van der Waals surface area contributed by atoms with Crippen LogP contribution in [0.5, 0.6) is 5.75 Å². The van der Waals surface area contributed by atoms with E-state index in [1.807, 2.05) is 11.0 Å². The topological polar surface area (TPSA) is 73.1 Å². The van der Waals surface area contributed by atoms with Gasteiger partial charge in [0.05, 0.1) is 7.11 Å². The summed E-state index contributed by atoms with van der Waals surface area (Å²) in [4.78, 5) is 15.3. The van der Waals surface area contributed by atoms with Gasteiger partial charge in [-0.25, -0.2) is 0 Å². The molecule has 0 unspecified atom stereocenters. The van der Waals surface area contributed by atoms with Crippen LogP contribution < -0.4 is 4.74 Å². The first kappa shape index (κ1) is 17.4. The number of ether oxygens (including phenoxy) is 1. The molecule has 134 valence electrons. The maximum absolute atomic E-state index is 13.2. The summed E-state index contributed by atoms with van der Waals surface area (Å²) in [6.07, 6.45) is 7.31. The summed E-state index contributed by atoms with van der Waals surface area (Å²) in [5.74, 6) is 0.677. The fraction of sp³-hybridized carbons (Fsp3) is 0.556. The fourth-order valence-corrected chi connectivity index (χ4v) is 3.60. The maximum atomic E-state index is 13.2. The molecule has 7 nitrogen and oxygen atoms in total. The third kappa shape index (κ3) is 3.65. The molecule has 0 saturated heterocycles. The Morgan fingerprint density at radius 3 is 2.64 bits per heavy atom. The second kappa shape index (κ2) is 7.63. The van der Waals surface area contributed by atoms with Crippen molar-refractivity contribution in [3.8, 4) is 11.4 Å². The molecule has 0 atom stereocenters. The van der Waals surface area contributed by atoms with Gasteiger partial charge in [0.25, 0.3) is 5.91 Å². The number of hydrogen-bond donors (Lipinski definition) is 0. The highest BCUT2D eigenvalue weighted by atomic mass is 16.5. The van der Waals surface area contributed by atoms with Crippen molar-refractivity contribution in [2.75, 3.05) is 7.11 Å². The van der Waals surface area contributed by atoms with E-state index in [0.29, 0.717) is 23.0 Å². The van der Waals surface area contributed by atoms with E-state index in [1.54, 1.807) is 19.2 Å². The Bertz CT molecular complexity index is 708. The highest BCUT2D eigenvalue weighted by molar-refractivity contribution is 5.95. The lowest BCUT2D eigenvalue weighted by atomic mass is 9.92. The van der Waals surface area contributed by atoms with Crippen LogP contribution in [0.4, 0.5) is 0 Å². The molecule has 1 aliphatic carbocycles. The van der Waals surface area contributed by atoms with Crippen molar-refractivity contribution in [2.24, 2.45) is 0 Å². The van der Waals surface area contributed by atoms with Crippen LogP contribution in [0.1, 0.15) is 56.3 Å². The standard InChI is InChI=1S/C18H25N5O2/c1-13(2)23(15-7-5-4-6-8-15)18(24)14-9-10-17(25-3)16(11-14)22-12-19-20-21-22/h9-13,15H,4-8H2,1-3H3. The predicted molar refractivity (Wildman–Crippen MR) is 93.9 cm³/mol. The van der Waals surface area contributed by atoms with Gasteiger partial charge in [-0.2, -0.15) is 4.68 Å². The molecule has 1 amide bonds. The molecule has 0 bridgehead atoms. The first-order chi connectivity index (χ1) is 12.1. The highest BCUT2D eigenvalue weighted by Gasteiger charge is 2.28. The summed E-state index contributed by atoms with van der Waals surface area (Å²) >= 11 is 0. The molecule has 1 aliphatic rings. The Balaban J connectivity index is 1.93. The monoisotopic (exact) mass is 343 g/mol. The highest BCUT2D eigenvalue weighted by Crippen LogP contribution is 2.28. The van der Waals surface area contributed by atoms with Crippen molar-refractivity contribution in [2.45, 2.75) is 58.0 Å². The van der Waals surface area contributed by atoms with Gasteiger partial charge in [-0.3, -0.25) is 4.79 Å². The van der Waals surface area contributed by atoms with Crippen molar-refractivity contribution >= 4 is 5.91 Å². The van der Waals surface area contributed by atoms with Crippen LogP contribution in [0.15, 0.2) is 24.5 Å². The van der Waals surface area contributed by atoms with Crippen LogP contribution in [-0.4, -0.2) is 50.2 Å². The van der Waals surface area contributed by atoms with E-state index in [2.05, 4.69) is 29.4 Å². The van der Waals surface area contributed by atoms with E-state index >= 15 is 0 Å². The number of carbonyl (C=O) groups is 1. The second-order valence-corrected chi connectivity index (χ2v) is 6.74. The van der Waals surface area contributed by atoms with Crippen molar-refractivity contribution in [1.29, 1.82) is 0 Å². The third-order valence-electron chi connectivity index (χ3n) is 4.78. The van der Waals surface area contributed by atoms with Gasteiger partial charge in [0.15, 0.2) is 0 Å². The quantitative estimate of drug-likeness (QED) is 0.834. The molecule has 1 aromatic carbocycles. The van der Waals surface area contributed by atoms with Crippen molar-refractivity contribution in [3.63, 3.8) is 0 Å². The van der Waals surface area contributed by atoms with E-state index < -0.39 is 0 Å². The Morgan fingerprint density at radius 2 is 2.04 bits per heavy atom. The molecule has 1 aromatic heterocycles. The first-order valence-electron chi connectivity index (χ1n) is 8.86. The number of methoxy groups -OCH3 is 1. The second-order valence-electron chi connectivity index (χ2n) is 6.74. The molecule has 2 aromatic rings. The normalized spacial score (nSPS) is 15.4. The zero-order valence-corrected chi connectivity index (χ0v) is 15.1. The van der Waals surface area contributed by atoms with Gasteiger partial charge in [0.1, 0.15) is 17.8 Å². The van der Waals surface area contributed by atoms with Gasteiger partial charge < -0.3 is 9.64 Å². The van der Waals surface area contributed by atoms with E-state index in [1.165, 1.54) is 30.3 Å². The molecule has 3 rings (SSSR count). The number of amides is 1. The Hall–Kier alpha value is -2.44. The lowest BCUT2D eigenvalue weighted by Gasteiger charge is -2.37. The van der Waals surface area contributed by atoms with Gasteiger partial charge in [-0.05, 0) is 55.3 Å². The largest absolute Gasteiger partial charge is 0.494 e. The number of carbonyl (C=O) groups excluding carboxylic acids is 1. The fourth-order valence-electron chi connectivity index (χ4n) is 3.60. The van der Waals surface area contributed by atoms with Crippen LogP contribution in [0, 0.1) is 0 Å². The van der Waals surface area contributed by atoms with E-state index in [-0.39, 0.29) is 11.9 Å². The Morgan fingerprint density at radius 1 is 1.28 bits per heavy atom. The lowest BCUT2D eigenvalue weighted by Crippen LogP contribution is -2.45. The van der Waals surface area contributed by atoms with E-state index in [9.17, 15) is 4.79 Å². The Kier molecular flexibility index (Phi) is 5.31. The summed E-state index contributed by atoms with van der Waals surface area (Å²) in [6, 6.07) is 5.89. The van der Waals surface area contributed by atoms with E-state index in [0.717, 1.165) is 12.8 Å². The lowest BCUT2D eigenvalue weighted by molar-refractivity contribution is 0.0555. The smallest absolute Gasteiger partial charge is 0.254 e. The molecule has 0 radical (unpaired) electrons. The molecule has 0 spiro atoms. The van der Waals surface area contributed by atoms with Gasteiger partial charge >= 0.3 is 0 Å². The number of hydrogen-bond acceptors (Lipinski definition) is 5. The predicted octanol–water partition coefficient (Wildman–Crippen LogP) is 2.85. The zero-order chi connectivity index (χ0) is 17.8. The minimum Gasteiger partial charge on any atom is -0.494 e. The van der Waals surface area contributed by atoms with Gasteiger partial charge in [-0.1, -0.05) is 19.3 Å². The average molecular weight is 343 g/mol. The average Bonchev–Trinajstić information content (AvgIpc) is 3.16. The molecular weight excluding hydrogens is 318 g/mol. The number of tetrazole rings is 1. The van der Waals surface area contributed by atoms with E-state index in [4.69, 9.17) is 4.74 Å². The van der Waals surface area contributed by atoms with Crippen molar-refractivity contribution in [3.05, 3.63) is 30.1 Å². The first-order valence-corrected chi connectivity index (χ1v) is 8.86. The summed E-state index contributed by atoms with van der Waals surface area (Å²) in [5, 5.41) is 11.2. The number of rotatable bonds is 5. The maximum Gasteiger partial charge on any atom is 0.254 e. The van der Waals surface area contributed by atoms with Gasteiger partial charge in [-0.15, -0.1) is 5.10 Å². The number of benzene rings is 1. The molecule has 25 heavy (non-hydrogen) atoms. The number of nitrogens with zero attached hydrogens (tertiary/aromatic N) is 5. The summed E-state index contributed by atoms with van der Waals surface area (Å²) in [5.41, 5.74) is 1.29. The Labute approximate surface area is 148 Å².